The van der Waals surface area contributed by atoms with E-state index < -0.39 is 18.5 Å². The quantitative estimate of drug-likeness (QED) is 0.450. The predicted octanol–water partition coefficient (Wildman–Crippen LogP) is 3.30. The van der Waals surface area contributed by atoms with Gasteiger partial charge in [-0.2, -0.15) is 0 Å². The number of hydrogen-bond donors (Lipinski definition) is 2. The summed E-state index contributed by atoms with van der Waals surface area (Å²) in [5.41, 5.74) is 0.735. The molecule has 0 aliphatic carbocycles. The van der Waals surface area contributed by atoms with Gasteiger partial charge in [-0.25, -0.2) is 0 Å². The van der Waals surface area contributed by atoms with Crippen LogP contribution in [0.1, 0.15) is 44.0 Å². The Morgan fingerprint density at radius 3 is 2.58 bits per heavy atom. The predicted molar refractivity (Wildman–Crippen MR) is 128 cm³/mol. The topological polar surface area (TPSA) is 87.7 Å². The van der Waals surface area contributed by atoms with Crippen LogP contribution in [0.5, 0.6) is 0 Å². The van der Waals surface area contributed by atoms with Crippen LogP contribution in [0.3, 0.4) is 0 Å². The van der Waals surface area contributed by atoms with Crippen molar-refractivity contribution in [2.45, 2.75) is 33.6 Å². The summed E-state index contributed by atoms with van der Waals surface area (Å²) in [6.07, 6.45) is 2.20. The van der Waals surface area contributed by atoms with E-state index in [1.807, 2.05) is 13.8 Å². The monoisotopic (exact) mass is 465 g/mol. The molecule has 1 fully saturated rings. The number of amides is 2. The number of thioether (sulfide) groups is 1. The molecule has 0 radical (unpaired) electrons. The van der Waals surface area contributed by atoms with E-state index in [0.717, 1.165) is 25.9 Å². The maximum absolute atomic E-state index is 12.3. The molecular weight excluding hydrogens is 434 g/mol. The van der Waals surface area contributed by atoms with Crippen molar-refractivity contribution in [3.05, 3.63) is 29.8 Å². The van der Waals surface area contributed by atoms with E-state index in [0.29, 0.717) is 34.0 Å². The molecule has 0 spiro atoms. The van der Waals surface area contributed by atoms with Gasteiger partial charge in [0, 0.05) is 19.6 Å². The van der Waals surface area contributed by atoms with Gasteiger partial charge < -0.3 is 20.3 Å². The first-order valence-corrected chi connectivity index (χ1v) is 11.9. The van der Waals surface area contributed by atoms with Gasteiger partial charge in [-0.05, 0) is 36.8 Å². The summed E-state index contributed by atoms with van der Waals surface area (Å²) in [6, 6.07) is 6.72. The Kier molecular flexibility index (Phi) is 10.3. The Balaban J connectivity index is 1.76. The summed E-state index contributed by atoms with van der Waals surface area (Å²) in [5.74, 6) is -0.190. The van der Waals surface area contributed by atoms with Crippen LogP contribution in [0.4, 0.5) is 5.69 Å². The van der Waals surface area contributed by atoms with Crippen LogP contribution in [-0.2, 0) is 14.3 Å². The first-order chi connectivity index (χ1) is 14.8. The molecule has 170 valence electrons. The lowest BCUT2D eigenvalue weighted by atomic mass is 10.00. The Morgan fingerprint density at radius 2 is 1.90 bits per heavy atom. The number of piperidine rings is 1. The molecule has 9 heteroatoms. The Morgan fingerprint density at radius 1 is 1.23 bits per heavy atom. The van der Waals surface area contributed by atoms with Gasteiger partial charge in [0.2, 0.25) is 0 Å². The van der Waals surface area contributed by atoms with Crippen LogP contribution in [-0.4, -0.2) is 59.0 Å². The van der Waals surface area contributed by atoms with Gasteiger partial charge >= 0.3 is 5.97 Å². The highest BCUT2D eigenvalue weighted by Crippen LogP contribution is 2.20. The van der Waals surface area contributed by atoms with E-state index in [2.05, 4.69) is 22.5 Å². The SMILES string of the molecule is CC(C)CNC(=O)c1ccccc1NC(=O)COC(=O)CSC(=S)N1CCC(C)CC1. The molecule has 1 aliphatic heterocycles. The number of benzene rings is 1. The summed E-state index contributed by atoms with van der Waals surface area (Å²) in [6.45, 7) is 8.17. The summed E-state index contributed by atoms with van der Waals surface area (Å²) in [5, 5.41) is 5.46. The van der Waals surface area contributed by atoms with Crippen molar-refractivity contribution in [1.29, 1.82) is 0 Å². The Hall–Kier alpha value is -2.13. The van der Waals surface area contributed by atoms with Crippen LogP contribution in [0.25, 0.3) is 0 Å². The maximum Gasteiger partial charge on any atom is 0.316 e. The average Bonchev–Trinajstić information content (AvgIpc) is 2.75. The highest BCUT2D eigenvalue weighted by molar-refractivity contribution is 8.23. The molecule has 2 amide bonds. The minimum Gasteiger partial charge on any atom is -0.455 e. The van der Waals surface area contributed by atoms with Gasteiger partial charge in [0.1, 0.15) is 4.32 Å². The number of nitrogens with one attached hydrogen (secondary N) is 2. The molecule has 31 heavy (non-hydrogen) atoms. The second-order valence-electron chi connectivity index (χ2n) is 8.08. The number of esters is 1. The van der Waals surface area contributed by atoms with Crippen LogP contribution in [0.2, 0.25) is 0 Å². The molecule has 1 aromatic rings. The number of carbonyl (C=O) groups excluding carboxylic acids is 3. The summed E-state index contributed by atoms with van der Waals surface area (Å²) < 4.78 is 5.75. The highest BCUT2D eigenvalue weighted by Gasteiger charge is 2.19. The van der Waals surface area contributed by atoms with Crippen molar-refractivity contribution in [1.82, 2.24) is 10.2 Å². The fourth-order valence-electron chi connectivity index (χ4n) is 2.96. The molecule has 1 heterocycles. The normalized spacial score (nSPS) is 14.3. The van der Waals surface area contributed by atoms with Gasteiger partial charge in [-0.15, -0.1) is 0 Å². The average molecular weight is 466 g/mol. The van der Waals surface area contributed by atoms with Crippen molar-refractivity contribution in [2.75, 3.05) is 37.3 Å². The number of nitrogens with zero attached hydrogens (tertiary/aromatic N) is 1. The van der Waals surface area contributed by atoms with Crippen LogP contribution in [0.15, 0.2) is 24.3 Å². The van der Waals surface area contributed by atoms with Crippen molar-refractivity contribution >= 4 is 51.8 Å². The molecule has 0 atom stereocenters. The van der Waals surface area contributed by atoms with E-state index in [1.54, 1.807) is 24.3 Å². The second kappa shape index (κ2) is 12.7. The first kappa shape index (κ1) is 25.1. The number of rotatable bonds is 8. The van der Waals surface area contributed by atoms with Gasteiger partial charge in [-0.3, -0.25) is 14.4 Å². The Labute approximate surface area is 193 Å². The van der Waals surface area contributed by atoms with E-state index in [9.17, 15) is 14.4 Å². The number of ether oxygens (including phenoxy) is 1. The fourth-order valence-corrected chi connectivity index (χ4v) is 4.01. The molecule has 0 aromatic heterocycles. The number of carbonyl (C=O) groups is 3. The van der Waals surface area contributed by atoms with E-state index in [4.69, 9.17) is 17.0 Å². The van der Waals surface area contributed by atoms with E-state index in [1.165, 1.54) is 11.8 Å². The van der Waals surface area contributed by atoms with E-state index >= 15 is 0 Å². The first-order valence-electron chi connectivity index (χ1n) is 10.5. The molecule has 1 aliphatic rings. The molecule has 2 N–H and O–H groups in total. The minimum atomic E-state index is -0.505. The zero-order chi connectivity index (χ0) is 22.8. The maximum atomic E-state index is 12.3. The van der Waals surface area contributed by atoms with Crippen molar-refractivity contribution in [3.63, 3.8) is 0 Å². The molecule has 0 saturated carbocycles. The third kappa shape index (κ3) is 8.86. The number of likely N-dealkylation sites (tertiary alicyclic amines) is 1. The largest absolute Gasteiger partial charge is 0.455 e. The lowest BCUT2D eigenvalue weighted by molar-refractivity contribution is -0.144. The minimum absolute atomic E-state index is 0.0619. The van der Waals surface area contributed by atoms with Gasteiger partial charge in [0.25, 0.3) is 11.8 Å². The molecule has 0 unspecified atom stereocenters. The lowest BCUT2D eigenvalue weighted by Crippen LogP contribution is -2.36. The van der Waals surface area contributed by atoms with Gasteiger partial charge in [0.15, 0.2) is 6.61 Å². The lowest BCUT2D eigenvalue weighted by Gasteiger charge is -2.31. The number of anilines is 1. The molecular formula is C22H31N3O4S2. The van der Waals surface area contributed by atoms with Crippen molar-refractivity contribution in [3.8, 4) is 0 Å². The number of para-hydroxylation sites is 1. The zero-order valence-electron chi connectivity index (χ0n) is 18.3. The van der Waals surface area contributed by atoms with Gasteiger partial charge in [-0.1, -0.05) is 56.9 Å². The van der Waals surface area contributed by atoms with Crippen LogP contribution >= 0.6 is 24.0 Å². The number of thiocarbonyl (C=S) groups is 1. The standard InChI is InChI=1S/C22H31N3O4S2/c1-15(2)12-23-21(28)17-6-4-5-7-18(17)24-19(26)13-29-20(27)14-31-22(30)25-10-8-16(3)9-11-25/h4-7,15-16H,8-14H2,1-3H3,(H,23,28)(H,24,26). The number of hydrogen-bond acceptors (Lipinski definition) is 6. The van der Waals surface area contributed by atoms with Crippen molar-refractivity contribution in [2.24, 2.45) is 11.8 Å². The molecule has 0 bridgehead atoms. The molecule has 1 aromatic carbocycles. The fraction of sp³-hybridized carbons (Fsp3) is 0.545. The van der Waals surface area contributed by atoms with Gasteiger partial charge in [0.05, 0.1) is 17.0 Å². The van der Waals surface area contributed by atoms with Crippen LogP contribution < -0.4 is 10.6 Å². The molecule has 7 nitrogen and oxygen atoms in total. The summed E-state index contributed by atoms with van der Waals surface area (Å²) in [7, 11) is 0. The van der Waals surface area contributed by atoms with E-state index in [-0.39, 0.29) is 11.7 Å². The van der Waals surface area contributed by atoms with Crippen molar-refractivity contribution < 1.29 is 19.1 Å². The molecule has 2 rings (SSSR count). The molecule has 1 saturated heterocycles. The third-order valence-electron chi connectivity index (χ3n) is 4.84. The highest BCUT2D eigenvalue weighted by atomic mass is 32.2. The summed E-state index contributed by atoms with van der Waals surface area (Å²) >= 11 is 6.65. The zero-order valence-corrected chi connectivity index (χ0v) is 19.9. The van der Waals surface area contributed by atoms with Crippen LogP contribution in [0, 0.1) is 11.8 Å². The smallest absolute Gasteiger partial charge is 0.316 e. The second-order valence-corrected chi connectivity index (χ2v) is 9.69. The Bertz CT molecular complexity index is 793. The summed E-state index contributed by atoms with van der Waals surface area (Å²) in [4.78, 5) is 38.7. The third-order valence-corrected chi connectivity index (χ3v) is 6.33.